The Labute approximate surface area is 102 Å². The highest BCUT2D eigenvalue weighted by Crippen LogP contribution is 2.26. The molecule has 1 aliphatic heterocycles. The molecule has 1 saturated heterocycles. The van der Waals surface area contributed by atoms with Crippen molar-refractivity contribution in [2.75, 3.05) is 24.5 Å². The van der Waals surface area contributed by atoms with Crippen LogP contribution in [0.25, 0.3) is 0 Å². The Morgan fingerprint density at radius 3 is 3.12 bits per heavy atom. The van der Waals surface area contributed by atoms with Crippen molar-refractivity contribution in [2.24, 2.45) is 0 Å². The van der Waals surface area contributed by atoms with E-state index in [4.69, 9.17) is 11.6 Å². The van der Waals surface area contributed by atoms with Gasteiger partial charge in [0.2, 0.25) is 0 Å². The Kier molecular flexibility index (Phi) is 4.02. The van der Waals surface area contributed by atoms with Gasteiger partial charge in [0.25, 0.3) is 0 Å². The molecule has 1 aromatic rings. The van der Waals surface area contributed by atoms with E-state index in [1.807, 2.05) is 18.3 Å². The van der Waals surface area contributed by atoms with Crippen LogP contribution in [0.4, 0.5) is 5.82 Å². The quantitative estimate of drug-likeness (QED) is 0.874. The lowest BCUT2D eigenvalue weighted by Gasteiger charge is -2.29. The lowest BCUT2D eigenvalue weighted by atomic mass is 10.2. The molecule has 1 atom stereocenters. The number of aromatic nitrogens is 1. The lowest BCUT2D eigenvalue weighted by molar-refractivity contribution is 0.618. The van der Waals surface area contributed by atoms with Crippen LogP contribution in [0.1, 0.15) is 19.8 Å². The summed E-state index contributed by atoms with van der Waals surface area (Å²) in [5.41, 5.74) is 0. The molecule has 2 rings (SSSR count). The van der Waals surface area contributed by atoms with Gasteiger partial charge in [-0.15, -0.1) is 0 Å². The highest BCUT2D eigenvalue weighted by atomic mass is 35.5. The monoisotopic (exact) mass is 239 g/mol. The molecule has 1 aromatic heterocycles. The number of anilines is 1. The standard InChI is InChI=1S/C12H18ClN3/c1-2-8-16(10-5-7-14-9-10)12-11(13)4-3-6-15-12/h3-4,6,10,14H,2,5,7-9H2,1H3. The van der Waals surface area contributed by atoms with E-state index in [1.54, 1.807) is 0 Å². The molecule has 1 aliphatic rings. The summed E-state index contributed by atoms with van der Waals surface area (Å²) in [6.07, 6.45) is 4.10. The molecule has 16 heavy (non-hydrogen) atoms. The fourth-order valence-corrected chi connectivity index (χ4v) is 2.43. The zero-order valence-corrected chi connectivity index (χ0v) is 10.4. The molecule has 2 heterocycles. The summed E-state index contributed by atoms with van der Waals surface area (Å²) in [5.74, 6) is 0.930. The number of halogens is 1. The number of hydrogen-bond donors (Lipinski definition) is 1. The summed E-state index contributed by atoms with van der Waals surface area (Å²) < 4.78 is 0. The molecule has 0 radical (unpaired) electrons. The first kappa shape index (κ1) is 11.7. The van der Waals surface area contributed by atoms with Crippen molar-refractivity contribution in [3.8, 4) is 0 Å². The minimum atomic E-state index is 0.535. The van der Waals surface area contributed by atoms with Crippen LogP contribution in [0, 0.1) is 0 Å². The molecule has 1 N–H and O–H groups in total. The molecule has 4 heteroatoms. The number of nitrogens with one attached hydrogen (secondary N) is 1. The van der Waals surface area contributed by atoms with Crippen molar-refractivity contribution in [2.45, 2.75) is 25.8 Å². The van der Waals surface area contributed by atoms with Crippen molar-refractivity contribution >= 4 is 17.4 Å². The SMILES string of the molecule is CCCN(c1ncccc1Cl)C1CCNC1. The van der Waals surface area contributed by atoms with E-state index >= 15 is 0 Å². The second-order valence-corrected chi connectivity index (χ2v) is 4.56. The van der Waals surface area contributed by atoms with Crippen LogP contribution in [0.5, 0.6) is 0 Å². The van der Waals surface area contributed by atoms with Gasteiger partial charge in [0.1, 0.15) is 5.82 Å². The van der Waals surface area contributed by atoms with Gasteiger partial charge in [-0.05, 0) is 31.5 Å². The van der Waals surface area contributed by atoms with Gasteiger partial charge in [-0.2, -0.15) is 0 Å². The summed E-state index contributed by atoms with van der Waals surface area (Å²) >= 11 is 6.21. The summed E-state index contributed by atoms with van der Waals surface area (Å²) in [6.45, 7) is 5.33. The van der Waals surface area contributed by atoms with Crippen molar-refractivity contribution in [1.82, 2.24) is 10.3 Å². The van der Waals surface area contributed by atoms with Gasteiger partial charge < -0.3 is 10.2 Å². The fourth-order valence-electron chi connectivity index (χ4n) is 2.20. The fraction of sp³-hybridized carbons (Fsp3) is 0.583. The molecule has 0 amide bonds. The van der Waals surface area contributed by atoms with Crippen LogP contribution < -0.4 is 10.2 Å². The Hall–Kier alpha value is -0.800. The topological polar surface area (TPSA) is 28.2 Å². The maximum atomic E-state index is 6.21. The summed E-state index contributed by atoms with van der Waals surface area (Å²) in [7, 11) is 0. The molecule has 1 fully saturated rings. The molecule has 0 saturated carbocycles. The van der Waals surface area contributed by atoms with Gasteiger partial charge in [-0.1, -0.05) is 18.5 Å². The molecule has 3 nitrogen and oxygen atoms in total. The van der Waals surface area contributed by atoms with Crippen LogP contribution in [-0.4, -0.2) is 30.7 Å². The van der Waals surface area contributed by atoms with E-state index in [9.17, 15) is 0 Å². The van der Waals surface area contributed by atoms with E-state index in [2.05, 4.69) is 22.1 Å². The largest absolute Gasteiger partial charge is 0.351 e. The summed E-state index contributed by atoms with van der Waals surface area (Å²) in [6, 6.07) is 4.32. The van der Waals surface area contributed by atoms with Gasteiger partial charge in [0.05, 0.1) is 5.02 Å². The molecular weight excluding hydrogens is 222 g/mol. The maximum absolute atomic E-state index is 6.21. The third-order valence-electron chi connectivity index (χ3n) is 2.95. The molecule has 0 aliphatic carbocycles. The number of pyridine rings is 1. The number of hydrogen-bond acceptors (Lipinski definition) is 3. The van der Waals surface area contributed by atoms with Crippen LogP contribution in [0.2, 0.25) is 5.02 Å². The van der Waals surface area contributed by atoms with E-state index in [1.165, 1.54) is 6.42 Å². The van der Waals surface area contributed by atoms with E-state index in [0.717, 1.165) is 36.9 Å². The molecule has 0 spiro atoms. The predicted octanol–water partition coefficient (Wildman–Crippen LogP) is 2.31. The lowest BCUT2D eigenvalue weighted by Crippen LogP contribution is -2.38. The molecule has 1 unspecified atom stereocenters. The Balaban J connectivity index is 2.21. The number of rotatable bonds is 4. The highest BCUT2D eigenvalue weighted by molar-refractivity contribution is 6.32. The molecule has 0 aromatic carbocycles. The minimum absolute atomic E-state index is 0.535. The van der Waals surface area contributed by atoms with Gasteiger partial charge in [0, 0.05) is 25.3 Å². The van der Waals surface area contributed by atoms with Gasteiger partial charge in [-0.25, -0.2) is 4.98 Å². The number of nitrogens with zero attached hydrogens (tertiary/aromatic N) is 2. The van der Waals surface area contributed by atoms with Gasteiger partial charge >= 0.3 is 0 Å². The van der Waals surface area contributed by atoms with Crippen LogP contribution >= 0.6 is 11.6 Å². The minimum Gasteiger partial charge on any atom is -0.351 e. The summed E-state index contributed by atoms with van der Waals surface area (Å²) in [4.78, 5) is 6.74. The van der Waals surface area contributed by atoms with Crippen LogP contribution in [-0.2, 0) is 0 Å². The zero-order valence-electron chi connectivity index (χ0n) is 9.62. The first-order valence-corrected chi connectivity index (χ1v) is 6.28. The van der Waals surface area contributed by atoms with Crippen molar-refractivity contribution in [1.29, 1.82) is 0 Å². The Bertz CT molecular complexity index is 337. The third kappa shape index (κ3) is 2.47. The van der Waals surface area contributed by atoms with E-state index < -0.39 is 0 Å². The zero-order chi connectivity index (χ0) is 11.4. The molecule has 0 bridgehead atoms. The van der Waals surface area contributed by atoms with Crippen molar-refractivity contribution in [3.05, 3.63) is 23.4 Å². The van der Waals surface area contributed by atoms with Crippen LogP contribution in [0.15, 0.2) is 18.3 Å². The normalized spacial score (nSPS) is 20.0. The average Bonchev–Trinajstić information content (AvgIpc) is 2.80. The molecular formula is C12H18ClN3. The molecule has 88 valence electrons. The maximum Gasteiger partial charge on any atom is 0.147 e. The summed E-state index contributed by atoms with van der Waals surface area (Å²) in [5, 5.41) is 4.14. The predicted molar refractivity (Wildman–Crippen MR) is 68.2 cm³/mol. The first-order valence-electron chi connectivity index (χ1n) is 5.90. The van der Waals surface area contributed by atoms with Crippen molar-refractivity contribution < 1.29 is 0 Å². The second kappa shape index (κ2) is 5.51. The smallest absolute Gasteiger partial charge is 0.147 e. The Morgan fingerprint density at radius 2 is 2.50 bits per heavy atom. The van der Waals surface area contributed by atoms with Gasteiger partial charge in [-0.3, -0.25) is 0 Å². The van der Waals surface area contributed by atoms with E-state index in [-0.39, 0.29) is 0 Å². The second-order valence-electron chi connectivity index (χ2n) is 4.15. The van der Waals surface area contributed by atoms with Crippen molar-refractivity contribution in [3.63, 3.8) is 0 Å². The Morgan fingerprint density at radius 1 is 1.62 bits per heavy atom. The van der Waals surface area contributed by atoms with Crippen LogP contribution in [0.3, 0.4) is 0 Å². The average molecular weight is 240 g/mol. The first-order chi connectivity index (χ1) is 7.83. The van der Waals surface area contributed by atoms with E-state index in [0.29, 0.717) is 6.04 Å². The highest BCUT2D eigenvalue weighted by Gasteiger charge is 2.24. The third-order valence-corrected chi connectivity index (χ3v) is 3.25. The van der Waals surface area contributed by atoms with Gasteiger partial charge in [0.15, 0.2) is 0 Å².